The summed E-state index contributed by atoms with van der Waals surface area (Å²) in [5.41, 5.74) is 7.95. The molecule has 15 heavy (non-hydrogen) atoms. The normalized spacial score (nSPS) is 22.4. The van der Waals surface area contributed by atoms with Gasteiger partial charge in [-0.05, 0) is 44.1 Å². The quantitative estimate of drug-likeness (QED) is 0.627. The van der Waals surface area contributed by atoms with E-state index in [9.17, 15) is 0 Å². The van der Waals surface area contributed by atoms with E-state index >= 15 is 0 Å². The van der Waals surface area contributed by atoms with Crippen LogP contribution >= 0.6 is 0 Å². The highest BCUT2D eigenvalue weighted by Crippen LogP contribution is 2.40. The van der Waals surface area contributed by atoms with Gasteiger partial charge in [0.15, 0.2) is 0 Å². The Morgan fingerprint density at radius 3 is 2.87 bits per heavy atom. The van der Waals surface area contributed by atoms with Crippen LogP contribution in [0.15, 0.2) is 18.2 Å². The van der Waals surface area contributed by atoms with Gasteiger partial charge >= 0.3 is 0 Å². The fourth-order valence-corrected chi connectivity index (χ4v) is 2.61. The molecule has 1 saturated heterocycles. The van der Waals surface area contributed by atoms with Gasteiger partial charge in [-0.2, -0.15) is 0 Å². The van der Waals surface area contributed by atoms with E-state index in [0.717, 1.165) is 43.8 Å². The molecule has 1 aromatic rings. The van der Waals surface area contributed by atoms with Crippen LogP contribution in [0.2, 0.25) is 0 Å². The molecule has 1 fully saturated rings. The first kappa shape index (κ1) is 9.04. The lowest BCUT2D eigenvalue weighted by atomic mass is 9.88. The number of benzene rings is 1. The van der Waals surface area contributed by atoms with Crippen LogP contribution in [-0.2, 0) is 6.42 Å². The lowest BCUT2D eigenvalue weighted by Gasteiger charge is -2.33. The average molecular weight is 204 g/mol. The first-order chi connectivity index (χ1) is 7.27. The molecule has 0 amide bonds. The number of nitrogen functional groups attached to an aromatic ring is 1. The van der Waals surface area contributed by atoms with Gasteiger partial charge in [0.2, 0.25) is 0 Å². The lowest BCUT2D eigenvalue weighted by molar-refractivity contribution is 0.0600. The van der Waals surface area contributed by atoms with Crippen molar-refractivity contribution >= 4 is 5.69 Å². The number of anilines is 1. The summed E-state index contributed by atoms with van der Waals surface area (Å²) in [7, 11) is 0. The van der Waals surface area contributed by atoms with Gasteiger partial charge in [-0.25, -0.2) is 0 Å². The van der Waals surface area contributed by atoms with E-state index in [1.54, 1.807) is 0 Å². The fourth-order valence-electron chi connectivity index (χ4n) is 2.61. The minimum Gasteiger partial charge on any atom is -0.487 e. The van der Waals surface area contributed by atoms with Gasteiger partial charge in [0, 0.05) is 17.7 Å². The third-order valence-electron chi connectivity index (χ3n) is 3.44. The number of fused-ring (bicyclic) bond motifs is 1. The molecule has 2 heterocycles. The first-order valence-corrected chi connectivity index (χ1v) is 5.56. The fraction of sp³-hybridized carbons (Fsp3) is 0.500. The Bertz CT molecular complexity index is 383. The molecule has 0 bridgehead atoms. The summed E-state index contributed by atoms with van der Waals surface area (Å²) in [6.07, 6.45) is 3.22. The van der Waals surface area contributed by atoms with E-state index in [2.05, 4.69) is 5.32 Å². The lowest BCUT2D eigenvalue weighted by Crippen LogP contribution is -2.45. The van der Waals surface area contributed by atoms with Crippen LogP contribution in [0.5, 0.6) is 5.75 Å². The van der Waals surface area contributed by atoms with Crippen molar-refractivity contribution in [2.75, 3.05) is 18.8 Å². The van der Waals surface area contributed by atoms with Crippen molar-refractivity contribution in [2.45, 2.75) is 24.9 Å². The number of ether oxygens (including phenoxy) is 1. The van der Waals surface area contributed by atoms with E-state index in [0.29, 0.717) is 0 Å². The second-order valence-corrected chi connectivity index (χ2v) is 4.58. The monoisotopic (exact) mass is 204 g/mol. The molecule has 3 N–H and O–H groups in total. The summed E-state index contributed by atoms with van der Waals surface area (Å²) in [6, 6.07) is 5.96. The Labute approximate surface area is 89.6 Å². The van der Waals surface area contributed by atoms with Crippen LogP contribution in [0.3, 0.4) is 0 Å². The Kier molecular flexibility index (Phi) is 1.89. The van der Waals surface area contributed by atoms with Gasteiger partial charge in [-0.3, -0.25) is 0 Å². The molecule has 3 heteroatoms. The summed E-state index contributed by atoms with van der Waals surface area (Å²) < 4.78 is 6.09. The highest BCUT2D eigenvalue weighted by Gasteiger charge is 2.40. The van der Waals surface area contributed by atoms with E-state index in [4.69, 9.17) is 10.5 Å². The van der Waals surface area contributed by atoms with Crippen LogP contribution in [-0.4, -0.2) is 18.7 Å². The van der Waals surface area contributed by atoms with Gasteiger partial charge in [0.25, 0.3) is 0 Å². The maximum Gasteiger partial charge on any atom is 0.123 e. The molecule has 3 nitrogen and oxygen atoms in total. The minimum absolute atomic E-state index is 0.0569. The van der Waals surface area contributed by atoms with E-state index < -0.39 is 0 Å². The maximum atomic E-state index is 6.09. The minimum atomic E-state index is 0.0569. The Morgan fingerprint density at radius 2 is 2.07 bits per heavy atom. The molecule has 0 aliphatic carbocycles. The predicted octanol–water partition coefficient (Wildman–Crippen LogP) is 1.33. The molecule has 0 saturated carbocycles. The van der Waals surface area contributed by atoms with Crippen LogP contribution in [0.4, 0.5) is 5.69 Å². The predicted molar refractivity (Wildman–Crippen MR) is 60.0 cm³/mol. The van der Waals surface area contributed by atoms with E-state index in [-0.39, 0.29) is 5.60 Å². The summed E-state index contributed by atoms with van der Waals surface area (Å²) in [4.78, 5) is 0. The van der Waals surface area contributed by atoms with Gasteiger partial charge < -0.3 is 15.8 Å². The van der Waals surface area contributed by atoms with Crippen molar-refractivity contribution in [3.05, 3.63) is 23.8 Å². The second-order valence-electron chi connectivity index (χ2n) is 4.58. The van der Waals surface area contributed by atoms with Gasteiger partial charge in [0.1, 0.15) is 11.4 Å². The molecular formula is C12H16N2O. The van der Waals surface area contributed by atoms with Crippen LogP contribution in [0.1, 0.15) is 18.4 Å². The molecule has 2 aliphatic rings. The molecule has 0 atom stereocenters. The second kappa shape index (κ2) is 3.14. The average Bonchev–Trinajstić information content (AvgIpc) is 2.56. The molecule has 1 spiro atoms. The van der Waals surface area contributed by atoms with Gasteiger partial charge in [0.05, 0.1) is 0 Å². The summed E-state index contributed by atoms with van der Waals surface area (Å²) >= 11 is 0. The summed E-state index contributed by atoms with van der Waals surface area (Å²) in [5, 5.41) is 3.37. The zero-order valence-corrected chi connectivity index (χ0v) is 8.75. The Morgan fingerprint density at radius 1 is 1.27 bits per heavy atom. The third-order valence-corrected chi connectivity index (χ3v) is 3.44. The SMILES string of the molecule is Nc1ccc2c(c1)CC1(CCNCC1)O2. The van der Waals surface area contributed by atoms with Crippen LogP contribution < -0.4 is 15.8 Å². The zero-order chi connectivity index (χ0) is 10.3. The molecule has 80 valence electrons. The summed E-state index contributed by atoms with van der Waals surface area (Å²) in [5.74, 6) is 1.03. The number of nitrogens with two attached hydrogens (primary N) is 1. The number of piperidine rings is 1. The summed E-state index contributed by atoms with van der Waals surface area (Å²) in [6.45, 7) is 2.12. The molecule has 3 rings (SSSR count). The van der Waals surface area contributed by atoms with E-state index in [1.807, 2.05) is 18.2 Å². The molecule has 2 aliphatic heterocycles. The number of rotatable bonds is 0. The Hall–Kier alpha value is -1.22. The highest BCUT2D eigenvalue weighted by molar-refractivity contribution is 5.50. The zero-order valence-electron chi connectivity index (χ0n) is 8.75. The van der Waals surface area contributed by atoms with Gasteiger partial charge in [-0.15, -0.1) is 0 Å². The molecular weight excluding hydrogens is 188 g/mol. The smallest absolute Gasteiger partial charge is 0.123 e. The van der Waals surface area contributed by atoms with Crippen LogP contribution in [0.25, 0.3) is 0 Å². The largest absolute Gasteiger partial charge is 0.487 e. The van der Waals surface area contributed by atoms with Crippen molar-refractivity contribution < 1.29 is 4.74 Å². The van der Waals surface area contributed by atoms with Crippen molar-refractivity contribution in [3.8, 4) is 5.75 Å². The number of hydrogen-bond donors (Lipinski definition) is 2. The topological polar surface area (TPSA) is 47.3 Å². The third kappa shape index (κ3) is 1.47. The molecule has 1 aromatic carbocycles. The first-order valence-electron chi connectivity index (χ1n) is 5.56. The number of hydrogen-bond acceptors (Lipinski definition) is 3. The molecule has 0 unspecified atom stereocenters. The molecule has 0 radical (unpaired) electrons. The van der Waals surface area contributed by atoms with Crippen molar-refractivity contribution in [2.24, 2.45) is 0 Å². The van der Waals surface area contributed by atoms with E-state index in [1.165, 1.54) is 5.56 Å². The van der Waals surface area contributed by atoms with Crippen molar-refractivity contribution in [3.63, 3.8) is 0 Å². The Balaban J connectivity index is 1.90. The van der Waals surface area contributed by atoms with Gasteiger partial charge in [-0.1, -0.05) is 0 Å². The number of nitrogens with one attached hydrogen (secondary N) is 1. The maximum absolute atomic E-state index is 6.09. The standard InChI is InChI=1S/C12H16N2O/c13-10-1-2-11-9(7-10)8-12(15-11)3-5-14-6-4-12/h1-2,7,14H,3-6,8,13H2. The van der Waals surface area contributed by atoms with Crippen molar-refractivity contribution in [1.82, 2.24) is 5.32 Å². The highest BCUT2D eigenvalue weighted by atomic mass is 16.5. The van der Waals surface area contributed by atoms with Crippen molar-refractivity contribution in [1.29, 1.82) is 0 Å². The van der Waals surface area contributed by atoms with Crippen LogP contribution in [0, 0.1) is 0 Å². The molecule has 0 aromatic heterocycles.